The number of nitrogens with one attached hydrogen (secondary N) is 1. The highest BCUT2D eigenvalue weighted by Gasteiger charge is 2.08. The van der Waals surface area contributed by atoms with Crippen LogP contribution in [0, 0.1) is 5.82 Å². The van der Waals surface area contributed by atoms with E-state index in [4.69, 9.17) is 11.6 Å². The summed E-state index contributed by atoms with van der Waals surface area (Å²) >= 11 is 7.31. The van der Waals surface area contributed by atoms with Crippen molar-refractivity contribution in [2.45, 2.75) is 26.2 Å². The molecule has 0 aliphatic carbocycles. The molecule has 2 rings (SSSR count). The molecule has 0 spiro atoms. The minimum atomic E-state index is -0.415. The van der Waals surface area contributed by atoms with Crippen molar-refractivity contribution in [3.63, 3.8) is 0 Å². The van der Waals surface area contributed by atoms with Crippen LogP contribution < -0.4 is 5.32 Å². The van der Waals surface area contributed by atoms with E-state index >= 15 is 0 Å². The molecule has 0 fully saturated rings. The summed E-state index contributed by atoms with van der Waals surface area (Å²) in [7, 11) is 0. The highest BCUT2D eigenvalue weighted by atomic mass is 35.5. The molecule has 0 saturated carbocycles. The van der Waals surface area contributed by atoms with Crippen molar-refractivity contribution in [3.05, 3.63) is 34.0 Å². The molecule has 0 radical (unpaired) electrons. The second kappa shape index (κ2) is 7.67. The van der Waals surface area contributed by atoms with Gasteiger partial charge in [-0.05, 0) is 44.1 Å². The van der Waals surface area contributed by atoms with E-state index in [1.165, 1.54) is 17.4 Å². The van der Waals surface area contributed by atoms with Crippen molar-refractivity contribution in [2.75, 3.05) is 13.1 Å². The van der Waals surface area contributed by atoms with Crippen LogP contribution >= 0.6 is 22.9 Å². The SMILES string of the molecule is CCCNCCCc1nnc(-c2ccc(F)c(Cl)c2)s1. The van der Waals surface area contributed by atoms with Gasteiger partial charge in [0.25, 0.3) is 0 Å². The van der Waals surface area contributed by atoms with Crippen molar-refractivity contribution in [1.82, 2.24) is 15.5 Å². The Bertz CT molecular complexity index is 559. The fourth-order valence-corrected chi connectivity index (χ4v) is 2.83. The lowest BCUT2D eigenvalue weighted by Gasteiger charge is -2.00. The maximum atomic E-state index is 13.1. The van der Waals surface area contributed by atoms with Crippen molar-refractivity contribution in [1.29, 1.82) is 0 Å². The first-order valence-corrected chi connectivity index (χ1v) is 7.88. The van der Waals surface area contributed by atoms with Gasteiger partial charge in [-0.2, -0.15) is 0 Å². The van der Waals surface area contributed by atoms with Crippen molar-refractivity contribution in [2.24, 2.45) is 0 Å². The standard InChI is InChI=1S/C14H17ClFN3S/c1-2-7-17-8-3-4-13-18-19-14(20-13)10-5-6-12(16)11(15)9-10/h5-6,9,17H,2-4,7-8H2,1H3. The second-order valence-corrected chi connectivity index (χ2v) is 5.95. The molecule has 0 amide bonds. The van der Waals surface area contributed by atoms with E-state index in [2.05, 4.69) is 22.4 Å². The van der Waals surface area contributed by atoms with Crippen LogP contribution in [0.5, 0.6) is 0 Å². The summed E-state index contributed by atoms with van der Waals surface area (Å²) in [6.45, 7) is 4.19. The van der Waals surface area contributed by atoms with Crippen LogP contribution in [0.25, 0.3) is 10.6 Å². The zero-order chi connectivity index (χ0) is 14.4. The van der Waals surface area contributed by atoms with E-state index in [1.54, 1.807) is 12.1 Å². The molecule has 1 aromatic heterocycles. The molecule has 3 nitrogen and oxygen atoms in total. The number of benzene rings is 1. The van der Waals surface area contributed by atoms with E-state index in [9.17, 15) is 4.39 Å². The molecule has 20 heavy (non-hydrogen) atoms. The predicted octanol–water partition coefficient (Wildman–Crippen LogP) is 3.93. The summed E-state index contributed by atoms with van der Waals surface area (Å²) in [4.78, 5) is 0. The van der Waals surface area contributed by atoms with Crippen LogP contribution in [0.2, 0.25) is 5.02 Å². The van der Waals surface area contributed by atoms with E-state index < -0.39 is 5.82 Å². The highest BCUT2D eigenvalue weighted by Crippen LogP contribution is 2.27. The van der Waals surface area contributed by atoms with Gasteiger partial charge < -0.3 is 5.32 Å². The molecule has 0 aliphatic rings. The molecule has 0 saturated heterocycles. The second-order valence-electron chi connectivity index (χ2n) is 4.48. The number of aryl methyl sites for hydroxylation is 1. The summed E-state index contributed by atoms with van der Waals surface area (Å²) in [5.74, 6) is -0.415. The molecule has 0 atom stereocenters. The van der Waals surface area contributed by atoms with Crippen LogP contribution in [0.1, 0.15) is 24.8 Å². The molecule has 6 heteroatoms. The summed E-state index contributed by atoms with van der Waals surface area (Å²) in [5.41, 5.74) is 0.809. The molecule has 108 valence electrons. The largest absolute Gasteiger partial charge is 0.317 e. The molecule has 0 aliphatic heterocycles. The van der Waals surface area contributed by atoms with Gasteiger partial charge in [0.1, 0.15) is 15.8 Å². The van der Waals surface area contributed by atoms with Gasteiger partial charge in [-0.15, -0.1) is 10.2 Å². The van der Waals surface area contributed by atoms with Gasteiger partial charge in [0.2, 0.25) is 0 Å². The number of rotatable bonds is 7. The van der Waals surface area contributed by atoms with Crippen molar-refractivity contribution >= 4 is 22.9 Å². The molecule has 1 aromatic carbocycles. The molecule has 1 N–H and O–H groups in total. The topological polar surface area (TPSA) is 37.8 Å². The zero-order valence-electron chi connectivity index (χ0n) is 11.3. The molecular weight excluding hydrogens is 297 g/mol. The Morgan fingerprint density at radius 2 is 2.15 bits per heavy atom. The van der Waals surface area contributed by atoms with E-state index in [0.717, 1.165) is 47.9 Å². The summed E-state index contributed by atoms with van der Waals surface area (Å²) in [6, 6.07) is 4.62. The molecular formula is C14H17ClFN3S. The third kappa shape index (κ3) is 4.23. The van der Waals surface area contributed by atoms with Crippen LogP contribution in [-0.2, 0) is 6.42 Å². The number of halogens is 2. The highest BCUT2D eigenvalue weighted by molar-refractivity contribution is 7.14. The van der Waals surface area contributed by atoms with Gasteiger partial charge in [-0.25, -0.2) is 4.39 Å². The van der Waals surface area contributed by atoms with Crippen molar-refractivity contribution < 1.29 is 4.39 Å². The maximum absolute atomic E-state index is 13.1. The van der Waals surface area contributed by atoms with Crippen LogP contribution in [0.4, 0.5) is 4.39 Å². The van der Waals surface area contributed by atoms with Gasteiger partial charge in [0.15, 0.2) is 0 Å². The Balaban J connectivity index is 1.93. The molecule has 1 heterocycles. The molecule has 2 aromatic rings. The lowest BCUT2D eigenvalue weighted by atomic mass is 10.2. The fourth-order valence-electron chi connectivity index (χ4n) is 1.77. The van der Waals surface area contributed by atoms with E-state index in [1.807, 2.05) is 0 Å². The first-order chi connectivity index (χ1) is 9.70. The smallest absolute Gasteiger partial charge is 0.147 e. The Morgan fingerprint density at radius 3 is 2.90 bits per heavy atom. The molecule has 0 bridgehead atoms. The average molecular weight is 314 g/mol. The predicted molar refractivity (Wildman–Crippen MR) is 81.8 cm³/mol. The first kappa shape index (κ1) is 15.4. The average Bonchev–Trinajstić information content (AvgIpc) is 2.90. The maximum Gasteiger partial charge on any atom is 0.147 e. The number of hydrogen-bond donors (Lipinski definition) is 1. The fraction of sp³-hybridized carbons (Fsp3) is 0.429. The third-order valence-electron chi connectivity index (χ3n) is 2.80. The normalized spacial score (nSPS) is 10.9. The van der Waals surface area contributed by atoms with Crippen LogP contribution in [0.15, 0.2) is 18.2 Å². The number of aromatic nitrogens is 2. The van der Waals surface area contributed by atoms with Gasteiger partial charge in [-0.3, -0.25) is 0 Å². The minimum absolute atomic E-state index is 0.114. The first-order valence-electron chi connectivity index (χ1n) is 6.69. The van der Waals surface area contributed by atoms with Gasteiger partial charge in [0.05, 0.1) is 5.02 Å². The minimum Gasteiger partial charge on any atom is -0.317 e. The molecule has 0 unspecified atom stereocenters. The lowest BCUT2D eigenvalue weighted by molar-refractivity contribution is 0.628. The number of nitrogens with zero attached hydrogens (tertiary/aromatic N) is 2. The summed E-state index contributed by atoms with van der Waals surface area (Å²) in [5, 5.41) is 13.6. The van der Waals surface area contributed by atoms with Crippen LogP contribution in [0.3, 0.4) is 0 Å². The van der Waals surface area contributed by atoms with Gasteiger partial charge in [0, 0.05) is 12.0 Å². The van der Waals surface area contributed by atoms with Gasteiger partial charge >= 0.3 is 0 Å². The van der Waals surface area contributed by atoms with E-state index in [0.29, 0.717) is 0 Å². The quantitative estimate of drug-likeness (QED) is 0.787. The van der Waals surface area contributed by atoms with Crippen LogP contribution in [-0.4, -0.2) is 23.3 Å². The summed E-state index contributed by atoms with van der Waals surface area (Å²) in [6.07, 6.45) is 3.09. The monoisotopic (exact) mass is 313 g/mol. The zero-order valence-corrected chi connectivity index (χ0v) is 12.9. The number of hydrogen-bond acceptors (Lipinski definition) is 4. The van der Waals surface area contributed by atoms with Gasteiger partial charge in [-0.1, -0.05) is 29.9 Å². The summed E-state index contributed by atoms with van der Waals surface area (Å²) < 4.78 is 13.1. The third-order valence-corrected chi connectivity index (χ3v) is 4.13. The lowest BCUT2D eigenvalue weighted by Crippen LogP contribution is -2.16. The Labute approximate surface area is 127 Å². The Kier molecular flexibility index (Phi) is 5.88. The van der Waals surface area contributed by atoms with Crippen molar-refractivity contribution in [3.8, 4) is 10.6 Å². The van der Waals surface area contributed by atoms with E-state index in [-0.39, 0.29) is 5.02 Å². The Morgan fingerprint density at radius 1 is 1.30 bits per heavy atom. The Hall–Kier alpha value is -1.04.